The fourth-order valence-electron chi connectivity index (χ4n) is 0.849. The summed E-state index contributed by atoms with van der Waals surface area (Å²) in [6.45, 7) is 5.37. The lowest BCUT2D eigenvalue weighted by atomic mass is 10.2. The minimum absolute atomic E-state index is 0.00539. The van der Waals surface area contributed by atoms with Gasteiger partial charge < -0.3 is 0 Å². The number of halogens is 3. The van der Waals surface area contributed by atoms with Gasteiger partial charge in [-0.3, -0.25) is 9.63 Å². The Morgan fingerprint density at radius 3 is 2.41 bits per heavy atom. The van der Waals surface area contributed by atoms with Crippen LogP contribution in [0.5, 0.6) is 0 Å². The lowest BCUT2D eigenvalue weighted by molar-refractivity contribution is -0.0591. The Morgan fingerprint density at radius 1 is 1.29 bits per heavy atom. The summed E-state index contributed by atoms with van der Waals surface area (Å²) >= 11 is 17.3. The highest BCUT2D eigenvalue weighted by Crippen LogP contribution is 2.30. The monoisotopic (exact) mass is 296 g/mol. The van der Waals surface area contributed by atoms with Crippen LogP contribution in [0.25, 0.3) is 0 Å². The molecule has 0 aliphatic carbocycles. The first-order valence-electron chi connectivity index (χ1n) is 4.70. The highest BCUT2D eigenvalue weighted by molar-refractivity contribution is 6.48. The van der Waals surface area contributed by atoms with E-state index in [1.54, 1.807) is 20.8 Å². The number of aromatic nitrogens is 1. The van der Waals surface area contributed by atoms with Crippen molar-refractivity contribution < 1.29 is 9.63 Å². The summed E-state index contributed by atoms with van der Waals surface area (Å²) in [6, 6.07) is 0. The Labute approximate surface area is 114 Å². The van der Waals surface area contributed by atoms with Gasteiger partial charge in [0, 0.05) is 6.20 Å². The molecule has 1 N–H and O–H groups in total. The predicted molar refractivity (Wildman–Crippen MR) is 67.6 cm³/mol. The molecule has 0 aromatic carbocycles. The van der Waals surface area contributed by atoms with Crippen molar-refractivity contribution in [2.75, 3.05) is 0 Å². The maximum atomic E-state index is 11.7. The van der Waals surface area contributed by atoms with Crippen LogP contribution in [0, 0.1) is 0 Å². The number of nitrogens with one attached hydrogen (secondary N) is 1. The standard InChI is InChI=1S/C10H11Cl3N2O2/c1-10(2,3)17-15-9(16)8-7(13)6(12)5(11)4-14-8/h4H,1-3H3,(H,15,16). The summed E-state index contributed by atoms with van der Waals surface area (Å²) in [5.41, 5.74) is 1.69. The molecule has 0 radical (unpaired) electrons. The molecule has 0 unspecified atom stereocenters. The van der Waals surface area contributed by atoms with E-state index >= 15 is 0 Å². The number of carbonyl (C=O) groups is 1. The van der Waals surface area contributed by atoms with Crippen molar-refractivity contribution in [2.45, 2.75) is 26.4 Å². The van der Waals surface area contributed by atoms with E-state index in [4.69, 9.17) is 39.6 Å². The molecule has 0 spiro atoms. The summed E-state index contributed by atoms with van der Waals surface area (Å²) in [5, 5.41) is 0.267. The zero-order valence-corrected chi connectivity index (χ0v) is 11.7. The van der Waals surface area contributed by atoms with Crippen LogP contribution in [0.15, 0.2) is 6.20 Å². The molecule has 0 saturated heterocycles. The van der Waals surface area contributed by atoms with Gasteiger partial charge in [-0.1, -0.05) is 34.8 Å². The highest BCUT2D eigenvalue weighted by Gasteiger charge is 2.19. The van der Waals surface area contributed by atoms with E-state index in [9.17, 15) is 4.79 Å². The number of pyridine rings is 1. The van der Waals surface area contributed by atoms with Crippen molar-refractivity contribution in [1.29, 1.82) is 0 Å². The van der Waals surface area contributed by atoms with Gasteiger partial charge in [0.1, 0.15) is 0 Å². The fraction of sp³-hybridized carbons (Fsp3) is 0.400. The zero-order valence-electron chi connectivity index (χ0n) is 9.47. The number of hydroxylamine groups is 1. The van der Waals surface area contributed by atoms with Gasteiger partial charge in [-0.05, 0) is 20.8 Å². The van der Waals surface area contributed by atoms with E-state index in [0.717, 1.165) is 0 Å². The van der Waals surface area contributed by atoms with Crippen LogP contribution < -0.4 is 5.48 Å². The Morgan fingerprint density at radius 2 is 1.88 bits per heavy atom. The van der Waals surface area contributed by atoms with Gasteiger partial charge in [0.25, 0.3) is 5.91 Å². The Bertz CT molecular complexity index is 444. The maximum absolute atomic E-state index is 11.7. The molecule has 1 heterocycles. The average Bonchev–Trinajstić information content (AvgIpc) is 2.22. The molecular formula is C10H11Cl3N2O2. The smallest absolute Gasteiger partial charge is 0.268 e. The molecule has 1 aromatic heterocycles. The number of rotatable bonds is 2. The van der Waals surface area contributed by atoms with E-state index < -0.39 is 11.5 Å². The summed E-state index contributed by atoms with van der Waals surface area (Å²) < 4.78 is 0. The summed E-state index contributed by atoms with van der Waals surface area (Å²) in [6.07, 6.45) is 1.25. The van der Waals surface area contributed by atoms with Gasteiger partial charge in [0.05, 0.1) is 20.7 Å². The number of carbonyl (C=O) groups excluding carboxylic acids is 1. The summed E-state index contributed by atoms with van der Waals surface area (Å²) in [5.74, 6) is -0.580. The number of amides is 1. The third-order valence-electron chi connectivity index (χ3n) is 1.58. The molecule has 7 heteroatoms. The minimum Gasteiger partial charge on any atom is -0.268 e. The van der Waals surface area contributed by atoms with Gasteiger partial charge >= 0.3 is 0 Å². The van der Waals surface area contributed by atoms with Crippen LogP contribution in [0.3, 0.4) is 0 Å². The first-order chi connectivity index (χ1) is 7.72. The van der Waals surface area contributed by atoms with Crippen molar-refractivity contribution >= 4 is 40.7 Å². The van der Waals surface area contributed by atoms with Crippen molar-refractivity contribution in [2.24, 2.45) is 0 Å². The van der Waals surface area contributed by atoms with Gasteiger partial charge in [-0.25, -0.2) is 10.5 Å². The second-order valence-electron chi connectivity index (χ2n) is 4.23. The third kappa shape index (κ3) is 4.00. The van der Waals surface area contributed by atoms with E-state index in [-0.39, 0.29) is 20.8 Å². The second kappa shape index (κ2) is 5.40. The topological polar surface area (TPSA) is 51.2 Å². The molecule has 0 aliphatic heterocycles. The SMILES string of the molecule is CC(C)(C)ONC(=O)c1ncc(Cl)c(Cl)c1Cl. The molecular weight excluding hydrogens is 286 g/mol. The second-order valence-corrected chi connectivity index (χ2v) is 5.39. The van der Waals surface area contributed by atoms with Crippen molar-refractivity contribution in [3.8, 4) is 0 Å². The van der Waals surface area contributed by atoms with Crippen LogP contribution in [0.1, 0.15) is 31.3 Å². The van der Waals surface area contributed by atoms with Crippen LogP contribution in [-0.4, -0.2) is 16.5 Å². The molecule has 0 atom stereocenters. The molecule has 1 rings (SSSR count). The van der Waals surface area contributed by atoms with Crippen LogP contribution >= 0.6 is 34.8 Å². The molecule has 0 fully saturated rings. The average molecular weight is 298 g/mol. The Balaban J connectivity index is 2.87. The Kier molecular flexibility index (Phi) is 4.61. The molecule has 1 amide bonds. The predicted octanol–water partition coefficient (Wildman–Crippen LogP) is 3.50. The Hall–Kier alpha value is -0.550. The molecule has 1 aromatic rings. The van der Waals surface area contributed by atoms with Crippen molar-refractivity contribution in [3.63, 3.8) is 0 Å². The molecule has 4 nitrogen and oxygen atoms in total. The van der Waals surface area contributed by atoms with Gasteiger partial charge in [-0.2, -0.15) is 0 Å². The zero-order chi connectivity index (χ0) is 13.2. The molecule has 0 aliphatic rings. The van der Waals surface area contributed by atoms with Crippen LogP contribution in [-0.2, 0) is 4.84 Å². The van der Waals surface area contributed by atoms with Crippen LogP contribution in [0.4, 0.5) is 0 Å². The van der Waals surface area contributed by atoms with Gasteiger partial charge in [0.2, 0.25) is 0 Å². The van der Waals surface area contributed by atoms with Crippen molar-refractivity contribution in [1.82, 2.24) is 10.5 Å². The van der Waals surface area contributed by atoms with E-state index in [0.29, 0.717) is 0 Å². The normalized spacial score (nSPS) is 11.4. The van der Waals surface area contributed by atoms with E-state index in [1.807, 2.05) is 0 Å². The first kappa shape index (κ1) is 14.5. The number of hydrogen-bond donors (Lipinski definition) is 1. The molecule has 0 bridgehead atoms. The first-order valence-corrected chi connectivity index (χ1v) is 5.83. The maximum Gasteiger partial charge on any atom is 0.295 e. The largest absolute Gasteiger partial charge is 0.295 e. The van der Waals surface area contributed by atoms with Gasteiger partial charge in [0.15, 0.2) is 5.69 Å². The minimum atomic E-state index is -0.580. The quantitative estimate of drug-likeness (QED) is 0.850. The highest BCUT2D eigenvalue weighted by atomic mass is 35.5. The van der Waals surface area contributed by atoms with E-state index in [2.05, 4.69) is 10.5 Å². The third-order valence-corrected chi connectivity index (χ3v) is 2.82. The lowest BCUT2D eigenvalue weighted by Gasteiger charge is -2.19. The summed E-state index contributed by atoms with van der Waals surface area (Å²) in [7, 11) is 0. The summed E-state index contributed by atoms with van der Waals surface area (Å²) in [4.78, 5) is 20.6. The van der Waals surface area contributed by atoms with Crippen LogP contribution in [0.2, 0.25) is 15.1 Å². The lowest BCUT2D eigenvalue weighted by Crippen LogP contribution is -2.34. The fourth-order valence-corrected chi connectivity index (χ4v) is 1.42. The number of nitrogens with zero attached hydrogens (tertiary/aromatic N) is 1. The number of hydrogen-bond acceptors (Lipinski definition) is 3. The molecule has 0 saturated carbocycles. The van der Waals surface area contributed by atoms with E-state index in [1.165, 1.54) is 6.20 Å². The van der Waals surface area contributed by atoms with Crippen molar-refractivity contribution in [3.05, 3.63) is 27.0 Å². The van der Waals surface area contributed by atoms with Gasteiger partial charge in [-0.15, -0.1) is 0 Å². The molecule has 94 valence electrons. The molecule has 17 heavy (non-hydrogen) atoms.